The fraction of sp³-hybridized carbons (Fsp3) is 0.533. The fourth-order valence-electron chi connectivity index (χ4n) is 1.57. The highest BCUT2D eigenvalue weighted by atomic mass is 19.1. The summed E-state index contributed by atoms with van der Waals surface area (Å²) in [5, 5.41) is 5.30. The van der Waals surface area contributed by atoms with Gasteiger partial charge in [-0.25, -0.2) is 9.78 Å². The molecule has 6 nitrogen and oxygen atoms in total. The van der Waals surface area contributed by atoms with Crippen LogP contribution in [-0.4, -0.2) is 34.7 Å². The van der Waals surface area contributed by atoms with Gasteiger partial charge in [-0.2, -0.15) is 4.39 Å². The maximum atomic E-state index is 13.0. The Morgan fingerprint density at radius 2 is 1.91 bits per heavy atom. The highest BCUT2D eigenvalue weighted by Gasteiger charge is 2.24. The number of aromatic nitrogens is 1. The molecule has 0 spiro atoms. The molecule has 1 heterocycles. The third-order valence-corrected chi connectivity index (χ3v) is 2.51. The third-order valence-electron chi connectivity index (χ3n) is 2.51. The standard InChI is InChI=1S/C15H22FN3O3/c1-14(2,3)22-13(21)18-9-15(4,5)19-12(20)10-6-7-17-11(16)8-10/h6-8H,9H2,1-5H3,(H,18,21)(H,19,20). The highest BCUT2D eigenvalue weighted by Crippen LogP contribution is 2.08. The molecule has 0 fully saturated rings. The van der Waals surface area contributed by atoms with Gasteiger partial charge in [0.05, 0.1) is 5.54 Å². The summed E-state index contributed by atoms with van der Waals surface area (Å²) in [6.45, 7) is 8.92. The van der Waals surface area contributed by atoms with Crippen molar-refractivity contribution in [3.05, 3.63) is 29.8 Å². The van der Waals surface area contributed by atoms with E-state index in [0.717, 1.165) is 6.07 Å². The Bertz CT molecular complexity index is 553. The smallest absolute Gasteiger partial charge is 0.407 e. The summed E-state index contributed by atoms with van der Waals surface area (Å²) in [7, 11) is 0. The van der Waals surface area contributed by atoms with Gasteiger partial charge in [0.25, 0.3) is 5.91 Å². The van der Waals surface area contributed by atoms with Crippen molar-refractivity contribution in [3.8, 4) is 0 Å². The van der Waals surface area contributed by atoms with Crippen LogP contribution >= 0.6 is 0 Å². The zero-order valence-electron chi connectivity index (χ0n) is 13.5. The van der Waals surface area contributed by atoms with Crippen LogP contribution in [0.1, 0.15) is 45.0 Å². The van der Waals surface area contributed by atoms with Crippen LogP contribution in [0.2, 0.25) is 0 Å². The van der Waals surface area contributed by atoms with Crippen LogP contribution in [0, 0.1) is 5.95 Å². The lowest BCUT2D eigenvalue weighted by atomic mass is 10.0. The number of ether oxygens (including phenoxy) is 1. The van der Waals surface area contributed by atoms with E-state index in [0.29, 0.717) is 0 Å². The molecule has 0 saturated carbocycles. The number of amides is 2. The van der Waals surface area contributed by atoms with Gasteiger partial charge in [0, 0.05) is 24.4 Å². The fourth-order valence-corrected chi connectivity index (χ4v) is 1.57. The molecule has 7 heteroatoms. The van der Waals surface area contributed by atoms with Gasteiger partial charge < -0.3 is 15.4 Å². The zero-order chi connectivity index (χ0) is 17.0. The van der Waals surface area contributed by atoms with E-state index in [2.05, 4.69) is 15.6 Å². The molecule has 1 aromatic rings. The molecule has 2 amide bonds. The predicted octanol–water partition coefficient (Wildman–Crippen LogP) is 2.25. The van der Waals surface area contributed by atoms with Crippen molar-refractivity contribution in [3.63, 3.8) is 0 Å². The quantitative estimate of drug-likeness (QED) is 0.836. The highest BCUT2D eigenvalue weighted by molar-refractivity contribution is 5.94. The number of nitrogens with one attached hydrogen (secondary N) is 2. The average Bonchev–Trinajstić information content (AvgIpc) is 2.34. The molecule has 0 aliphatic heterocycles. The topological polar surface area (TPSA) is 80.3 Å². The van der Waals surface area contributed by atoms with Crippen molar-refractivity contribution in [2.45, 2.75) is 45.8 Å². The molecule has 0 atom stereocenters. The number of carbonyl (C=O) groups excluding carboxylic acids is 2. The second-order valence-corrected chi connectivity index (χ2v) is 6.56. The van der Waals surface area contributed by atoms with Gasteiger partial charge in [-0.1, -0.05) is 0 Å². The van der Waals surface area contributed by atoms with Gasteiger partial charge in [0.2, 0.25) is 5.95 Å². The molecule has 22 heavy (non-hydrogen) atoms. The van der Waals surface area contributed by atoms with Crippen LogP contribution in [-0.2, 0) is 4.74 Å². The number of alkyl carbamates (subject to hydrolysis) is 1. The van der Waals surface area contributed by atoms with Gasteiger partial charge in [-0.3, -0.25) is 4.79 Å². The Balaban J connectivity index is 2.56. The number of halogens is 1. The lowest BCUT2D eigenvalue weighted by molar-refractivity contribution is 0.0509. The van der Waals surface area contributed by atoms with Crippen LogP contribution in [0.25, 0.3) is 0 Å². The first kappa shape index (κ1) is 17.9. The van der Waals surface area contributed by atoms with Crippen molar-refractivity contribution in [2.75, 3.05) is 6.54 Å². The van der Waals surface area contributed by atoms with Gasteiger partial charge in [-0.15, -0.1) is 0 Å². The predicted molar refractivity (Wildman–Crippen MR) is 80.0 cm³/mol. The molecule has 0 aromatic carbocycles. The monoisotopic (exact) mass is 311 g/mol. The average molecular weight is 311 g/mol. The van der Waals surface area contributed by atoms with Crippen LogP contribution in [0.15, 0.2) is 18.3 Å². The van der Waals surface area contributed by atoms with Crippen molar-refractivity contribution < 1.29 is 18.7 Å². The Hall–Kier alpha value is -2.18. The first-order valence-electron chi connectivity index (χ1n) is 6.89. The van der Waals surface area contributed by atoms with Crippen molar-refractivity contribution in [1.82, 2.24) is 15.6 Å². The minimum absolute atomic E-state index is 0.165. The minimum Gasteiger partial charge on any atom is -0.444 e. The zero-order valence-corrected chi connectivity index (χ0v) is 13.5. The summed E-state index contributed by atoms with van der Waals surface area (Å²) >= 11 is 0. The molecular formula is C15H22FN3O3. The first-order chi connectivity index (χ1) is 9.98. The maximum absolute atomic E-state index is 13.0. The molecule has 1 rings (SSSR count). The van der Waals surface area contributed by atoms with Gasteiger partial charge in [-0.05, 0) is 40.7 Å². The largest absolute Gasteiger partial charge is 0.444 e. The molecule has 0 aliphatic rings. The molecule has 1 aromatic heterocycles. The second kappa shape index (κ2) is 6.72. The van der Waals surface area contributed by atoms with E-state index in [-0.39, 0.29) is 12.1 Å². The Morgan fingerprint density at radius 1 is 1.27 bits per heavy atom. The lowest BCUT2D eigenvalue weighted by Gasteiger charge is -2.27. The van der Waals surface area contributed by atoms with Crippen molar-refractivity contribution in [2.24, 2.45) is 0 Å². The molecule has 0 bridgehead atoms. The normalized spacial score (nSPS) is 11.7. The summed E-state index contributed by atoms with van der Waals surface area (Å²) in [6.07, 6.45) is 0.653. The Labute approximate surface area is 129 Å². The van der Waals surface area contributed by atoms with Crippen molar-refractivity contribution >= 4 is 12.0 Å². The number of hydrogen-bond donors (Lipinski definition) is 2. The lowest BCUT2D eigenvalue weighted by Crippen LogP contribution is -2.52. The summed E-state index contributed by atoms with van der Waals surface area (Å²) in [5.74, 6) is -1.17. The summed E-state index contributed by atoms with van der Waals surface area (Å²) in [5.41, 5.74) is -1.15. The van der Waals surface area contributed by atoms with E-state index in [9.17, 15) is 14.0 Å². The van der Waals surface area contributed by atoms with Crippen LogP contribution in [0.4, 0.5) is 9.18 Å². The number of rotatable bonds is 4. The number of pyridine rings is 1. The summed E-state index contributed by atoms with van der Waals surface area (Å²) in [6, 6.07) is 2.46. The molecule has 0 unspecified atom stereocenters. The van der Waals surface area contributed by atoms with Crippen LogP contribution in [0.5, 0.6) is 0 Å². The van der Waals surface area contributed by atoms with E-state index < -0.39 is 29.1 Å². The molecule has 0 radical (unpaired) electrons. The van der Waals surface area contributed by atoms with Crippen molar-refractivity contribution in [1.29, 1.82) is 0 Å². The number of carbonyl (C=O) groups is 2. The van der Waals surface area contributed by atoms with E-state index in [4.69, 9.17) is 4.74 Å². The minimum atomic E-state index is -0.728. The van der Waals surface area contributed by atoms with Gasteiger partial charge >= 0.3 is 6.09 Å². The molecular weight excluding hydrogens is 289 g/mol. The summed E-state index contributed by atoms with van der Waals surface area (Å²) < 4.78 is 18.1. The molecule has 0 saturated heterocycles. The van der Waals surface area contributed by atoms with E-state index in [1.54, 1.807) is 34.6 Å². The van der Waals surface area contributed by atoms with E-state index >= 15 is 0 Å². The van der Waals surface area contributed by atoms with Crippen LogP contribution < -0.4 is 10.6 Å². The van der Waals surface area contributed by atoms with Gasteiger partial charge in [0.1, 0.15) is 5.60 Å². The van der Waals surface area contributed by atoms with Crippen LogP contribution in [0.3, 0.4) is 0 Å². The molecule has 122 valence electrons. The van der Waals surface area contributed by atoms with E-state index in [1.165, 1.54) is 12.3 Å². The number of hydrogen-bond acceptors (Lipinski definition) is 4. The first-order valence-corrected chi connectivity index (χ1v) is 6.89. The van der Waals surface area contributed by atoms with Gasteiger partial charge in [0.15, 0.2) is 0 Å². The van der Waals surface area contributed by atoms with E-state index in [1.807, 2.05) is 0 Å². The maximum Gasteiger partial charge on any atom is 0.407 e. The SMILES string of the molecule is CC(C)(CNC(=O)OC(C)(C)C)NC(=O)c1ccnc(F)c1. The third kappa shape index (κ3) is 6.51. The molecule has 2 N–H and O–H groups in total. The molecule has 0 aliphatic carbocycles. The second-order valence-electron chi connectivity index (χ2n) is 6.56. The Kier molecular flexibility index (Phi) is 5.46. The summed E-state index contributed by atoms with van der Waals surface area (Å²) in [4.78, 5) is 27.0. The number of nitrogens with zero attached hydrogens (tertiary/aromatic N) is 1. The Morgan fingerprint density at radius 3 is 2.45 bits per heavy atom.